The lowest BCUT2D eigenvalue weighted by Crippen LogP contribution is -2.21. The molecule has 2 aromatic heterocycles. The summed E-state index contributed by atoms with van der Waals surface area (Å²) >= 11 is 0. The Morgan fingerprint density at radius 3 is 2.71 bits per heavy atom. The van der Waals surface area contributed by atoms with E-state index >= 15 is 0 Å². The standard InChI is InChI=1S/C27H28N6O2/c1-4-6-25(35-3)29-19-8-5-7-17(13-19)26-31-24-15-21(34-2)10-11-22(24)27(32-26)30-20-9-12-23-18(14-20)16-28-33-23/h5,7-16,25,29H,4,6H2,1-3H3,(H,28,33)(H,30,31,32). The highest BCUT2D eigenvalue weighted by atomic mass is 16.5. The minimum Gasteiger partial charge on any atom is -0.497 e. The maximum Gasteiger partial charge on any atom is 0.162 e. The fourth-order valence-corrected chi connectivity index (χ4v) is 4.06. The second kappa shape index (κ2) is 9.99. The fourth-order valence-electron chi connectivity index (χ4n) is 4.06. The van der Waals surface area contributed by atoms with Crippen LogP contribution in [0.1, 0.15) is 19.8 Å². The molecule has 0 fully saturated rings. The lowest BCUT2D eigenvalue weighted by Gasteiger charge is -2.18. The number of rotatable bonds is 9. The van der Waals surface area contributed by atoms with E-state index in [0.29, 0.717) is 5.82 Å². The quantitative estimate of drug-likeness (QED) is 0.225. The molecule has 8 heteroatoms. The van der Waals surface area contributed by atoms with E-state index in [2.05, 4.69) is 27.8 Å². The van der Waals surface area contributed by atoms with Crippen molar-refractivity contribution in [3.05, 3.63) is 66.9 Å². The minimum atomic E-state index is -0.0490. The Hall–Kier alpha value is -4.17. The smallest absolute Gasteiger partial charge is 0.162 e. The maximum atomic E-state index is 5.56. The highest BCUT2D eigenvalue weighted by molar-refractivity contribution is 5.94. The Kier molecular flexibility index (Phi) is 6.45. The number of H-pyrrole nitrogens is 1. The van der Waals surface area contributed by atoms with Crippen LogP contribution in [0.25, 0.3) is 33.2 Å². The van der Waals surface area contributed by atoms with Crippen LogP contribution in [0.2, 0.25) is 0 Å². The number of hydrogen-bond acceptors (Lipinski definition) is 7. The number of aromatic amines is 1. The van der Waals surface area contributed by atoms with E-state index < -0.39 is 0 Å². The molecule has 0 aliphatic rings. The zero-order chi connectivity index (χ0) is 24.2. The van der Waals surface area contributed by atoms with E-state index in [4.69, 9.17) is 19.4 Å². The first kappa shape index (κ1) is 22.6. The molecule has 5 aromatic rings. The predicted octanol–water partition coefficient (Wildman–Crippen LogP) is 6.11. The van der Waals surface area contributed by atoms with Crippen molar-refractivity contribution >= 4 is 39.0 Å². The van der Waals surface area contributed by atoms with E-state index in [0.717, 1.165) is 63.2 Å². The molecule has 8 nitrogen and oxygen atoms in total. The molecule has 0 radical (unpaired) electrons. The Morgan fingerprint density at radius 1 is 0.971 bits per heavy atom. The molecule has 3 aromatic carbocycles. The summed E-state index contributed by atoms with van der Waals surface area (Å²) in [6.45, 7) is 2.14. The van der Waals surface area contributed by atoms with Gasteiger partial charge in [-0.1, -0.05) is 25.5 Å². The zero-order valence-corrected chi connectivity index (χ0v) is 20.0. The van der Waals surface area contributed by atoms with E-state index in [1.54, 1.807) is 20.4 Å². The first-order valence-corrected chi connectivity index (χ1v) is 11.6. The van der Waals surface area contributed by atoms with Crippen LogP contribution in [-0.4, -0.2) is 40.6 Å². The monoisotopic (exact) mass is 468 g/mol. The van der Waals surface area contributed by atoms with Crippen LogP contribution in [0, 0.1) is 0 Å². The highest BCUT2D eigenvalue weighted by Crippen LogP contribution is 2.31. The normalized spacial score (nSPS) is 12.1. The Morgan fingerprint density at radius 2 is 1.89 bits per heavy atom. The van der Waals surface area contributed by atoms with Gasteiger partial charge >= 0.3 is 0 Å². The largest absolute Gasteiger partial charge is 0.497 e. The second-order valence-electron chi connectivity index (χ2n) is 8.31. The molecule has 0 saturated heterocycles. The number of hydrogen-bond donors (Lipinski definition) is 3. The summed E-state index contributed by atoms with van der Waals surface area (Å²) in [5.74, 6) is 2.08. The van der Waals surface area contributed by atoms with Crippen molar-refractivity contribution in [3.8, 4) is 17.1 Å². The molecule has 0 spiro atoms. The topological polar surface area (TPSA) is 97.0 Å². The van der Waals surface area contributed by atoms with Gasteiger partial charge in [-0.3, -0.25) is 5.10 Å². The number of aromatic nitrogens is 4. The molecule has 0 amide bonds. The molecule has 3 N–H and O–H groups in total. The average molecular weight is 469 g/mol. The van der Waals surface area contributed by atoms with E-state index in [1.807, 2.05) is 60.7 Å². The number of fused-ring (bicyclic) bond motifs is 2. The summed E-state index contributed by atoms with van der Waals surface area (Å²) in [5.41, 5.74) is 4.55. The molecule has 1 atom stereocenters. The zero-order valence-electron chi connectivity index (χ0n) is 20.0. The molecule has 5 rings (SSSR count). The molecule has 0 aliphatic carbocycles. The van der Waals surface area contributed by atoms with Crippen LogP contribution in [0.5, 0.6) is 5.75 Å². The summed E-state index contributed by atoms with van der Waals surface area (Å²) in [6.07, 6.45) is 3.70. The molecule has 0 bridgehead atoms. The average Bonchev–Trinajstić information content (AvgIpc) is 3.36. The maximum absolute atomic E-state index is 5.56. The molecular weight excluding hydrogens is 440 g/mol. The predicted molar refractivity (Wildman–Crippen MR) is 140 cm³/mol. The number of ether oxygens (including phenoxy) is 2. The molecule has 2 heterocycles. The number of methoxy groups -OCH3 is 2. The van der Waals surface area contributed by atoms with Gasteiger partial charge in [0.2, 0.25) is 0 Å². The SMILES string of the molecule is CCCC(Nc1cccc(-c2nc(Nc3ccc4[nH]ncc4c3)c3ccc(OC)cc3n2)c1)OC. The van der Waals surface area contributed by atoms with E-state index in [9.17, 15) is 0 Å². The Labute approximate surface area is 203 Å². The van der Waals surface area contributed by atoms with Gasteiger partial charge in [0.05, 0.1) is 24.3 Å². The third-order valence-corrected chi connectivity index (χ3v) is 5.89. The van der Waals surface area contributed by atoms with Crippen LogP contribution in [-0.2, 0) is 4.74 Å². The van der Waals surface area contributed by atoms with Crippen LogP contribution in [0.3, 0.4) is 0 Å². The van der Waals surface area contributed by atoms with E-state index in [1.165, 1.54) is 0 Å². The lowest BCUT2D eigenvalue weighted by atomic mass is 10.1. The number of benzene rings is 3. The van der Waals surface area contributed by atoms with Gasteiger partial charge in [0, 0.05) is 40.9 Å². The van der Waals surface area contributed by atoms with Crippen molar-refractivity contribution < 1.29 is 9.47 Å². The van der Waals surface area contributed by atoms with Crippen LogP contribution in [0.15, 0.2) is 66.9 Å². The van der Waals surface area contributed by atoms with Crippen LogP contribution >= 0.6 is 0 Å². The van der Waals surface area contributed by atoms with E-state index in [-0.39, 0.29) is 6.23 Å². The van der Waals surface area contributed by atoms with Crippen molar-refractivity contribution in [3.63, 3.8) is 0 Å². The van der Waals surface area contributed by atoms with Gasteiger partial charge in [-0.25, -0.2) is 9.97 Å². The molecule has 178 valence electrons. The third-order valence-electron chi connectivity index (χ3n) is 5.89. The summed E-state index contributed by atoms with van der Waals surface area (Å²) < 4.78 is 11.0. The first-order chi connectivity index (χ1) is 17.2. The van der Waals surface area contributed by atoms with Gasteiger partial charge in [0.15, 0.2) is 5.82 Å². The summed E-state index contributed by atoms with van der Waals surface area (Å²) in [7, 11) is 3.37. The van der Waals surface area contributed by atoms with Gasteiger partial charge < -0.3 is 20.1 Å². The van der Waals surface area contributed by atoms with Crippen molar-refractivity contribution in [2.45, 2.75) is 26.0 Å². The second-order valence-corrected chi connectivity index (χ2v) is 8.31. The van der Waals surface area contributed by atoms with Gasteiger partial charge in [-0.2, -0.15) is 5.10 Å². The van der Waals surface area contributed by atoms with Crippen molar-refractivity contribution in [1.82, 2.24) is 20.2 Å². The van der Waals surface area contributed by atoms with Crippen LogP contribution < -0.4 is 15.4 Å². The first-order valence-electron chi connectivity index (χ1n) is 11.6. The molecular formula is C27H28N6O2. The number of nitrogens with one attached hydrogen (secondary N) is 3. The molecule has 1 unspecified atom stereocenters. The minimum absolute atomic E-state index is 0.0490. The fraction of sp³-hybridized carbons (Fsp3) is 0.222. The molecule has 0 aliphatic heterocycles. The van der Waals surface area contributed by atoms with Gasteiger partial charge in [-0.05, 0) is 48.9 Å². The highest BCUT2D eigenvalue weighted by Gasteiger charge is 2.13. The van der Waals surface area contributed by atoms with Gasteiger partial charge in [-0.15, -0.1) is 0 Å². The summed E-state index contributed by atoms with van der Waals surface area (Å²) in [6, 6.07) is 19.9. The lowest BCUT2D eigenvalue weighted by molar-refractivity contribution is 0.117. The number of anilines is 3. The Bertz CT molecular complexity index is 1470. The summed E-state index contributed by atoms with van der Waals surface area (Å²) in [4.78, 5) is 9.79. The Balaban J connectivity index is 1.56. The van der Waals surface area contributed by atoms with Crippen LogP contribution in [0.4, 0.5) is 17.2 Å². The molecule has 35 heavy (non-hydrogen) atoms. The third kappa shape index (κ3) is 4.88. The van der Waals surface area contributed by atoms with Crippen molar-refractivity contribution in [2.24, 2.45) is 0 Å². The van der Waals surface area contributed by atoms with Crippen molar-refractivity contribution in [2.75, 3.05) is 24.9 Å². The van der Waals surface area contributed by atoms with Crippen molar-refractivity contribution in [1.29, 1.82) is 0 Å². The molecule has 0 saturated carbocycles. The summed E-state index contributed by atoms with van der Waals surface area (Å²) in [5, 5.41) is 15.9. The number of nitrogens with zero attached hydrogens (tertiary/aromatic N) is 3. The van der Waals surface area contributed by atoms with Gasteiger partial charge in [0.25, 0.3) is 0 Å². The van der Waals surface area contributed by atoms with Gasteiger partial charge in [0.1, 0.15) is 17.8 Å².